The van der Waals surface area contributed by atoms with Gasteiger partial charge in [0.15, 0.2) is 0 Å². The number of amides is 1. The molecule has 1 amide bonds. The van der Waals surface area contributed by atoms with Crippen molar-refractivity contribution >= 4 is 17.3 Å². The summed E-state index contributed by atoms with van der Waals surface area (Å²) in [7, 11) is 0. The SMILES string of the molecule is CC1CCN(c2ccc(C(F)(F)F)cc2NC(=O)c2ccccc2)CC1. The predicted octanol–water partition coefficient (Wildman–Crippen LogP) is 5.19. The second-order valence-corrected chi connectivity index (χ2v) is 6.72. The van der Waals surface area contributed by atoms with Gasteiger partial charge in [0.1, 0.15) is 0 Å². The summed E-state index contributed by atoms with van der Waals surface area (Å²) >= 11 is 0. The second kappa shape index (κ2) is 7.40. The lowest BCUT2D eigenvalue weighted by molar-refractivity contribution is -0.137. The highest BCUT2D eigenvalue weighted by Crippen LogP contribution is 2.37. The molecular weight excluding hydrogens is 341 g/mol. The smallest absolute Gasteiger partial charge is 0.370 e. The van der Waals surface area contributed by atoms with Crippen molar-refractivity contribution in [3.05, 3.63) is 59.7 Å². The summed E-state index contributed by atoms with van der Waals surface area (Å²) < 4.78 is 39.4. The molecule has 0 aliphatic carbocycles. The zero-order valence-corrected chi connectivity index (χ0v) is 14.5. The average Bonchev–Trinajstić information content (AvgIpc) is 2.62. The number of anilines is 2. The third kappa shape index (κ3) is 4.18. The van der Waals surface area contributed by atoms with Crippen molar-refractivity contribution in [1.82, 2.24) is 0 Å². The number of carbonyl (C=O) groups excluding carboxylic acids is 1. The molecule has 1 fully saturated rings. The molecule has 3 rings (SSSR count). The molecule has 2 aromatic rings. The number of nitrogens with zero attached hydrogens (tertiary/aromatic N) is 1. The molecular formula is C20H21F3N2O. The molecule has 0 unspecified atom stereocenters. The van der Waals surface area contributed by atoms with Crippen molar-refractivity contribution in [3.8, 4) is 0 Å². The molecule has 0 bridgehead atoms. The molecule has 26 heavy (non-hydrogen) atoms. The number of piperidine rings is 1. The maximum absolute atomic E-state index is 13.1. The lowest BCUT2D eigenvalue weighted by Gasteiger charge is -2.33. The highest BCUT2D eigenvalue weighted by molar-refractivity contribution is 6.06. The summed E-state index contributed by atoms with van der Waals surface area (Å²) in [4.78, 5) is 14.5. The molecule has 0 atom stereocenters. The van der Waals surface area contributed by atoms with Crippen molar-refractivity contribution in [3.63, 3.8) is 0 Å². The van der Waals surface area contributed by atoms with Crippen LogP contribution in [-0.4, -0.2) is 19.0 Å². The van der Waals surface area contributed by atoms with E-state index < -0.39 is 17.6 Å². The largest absolute Gasteiger partial charge is 0.416 e. The molecule has 0 radical (unpaired) electrons. The number of carbonyl (C=O) groups is 1. The van der Waals surface area contributed by atoms with Gasteiger partial charge >= 0.3 is 6.18 Å². The number of hydrogen-bond acceptors (Lipinski definition) is 2. The maximum atomic E-state index is 13.1. The normalized spacial score (nSPS) is 15.8. The van der Waals surface area contributed by atoms with Gasteiger partial charge < -0.3 is 10.2 Å². The van der Waals surface area contributed by atoms with Gasteiger partial charge in [-0.05, 0) is 49.1 Å². The molecule has 6 heteroatoms. The minimum atomic E-state index is -4.46. The van der Waals surface area contributed by atoms with E-state index in [4.69, 9.17) is 0 Å². The van der Waals surface area contributed by atoms with E-state index >= 15 is 0 Å². The van der Waals surface area contributed by atoms with Crippen LogP contribution in [0.2, 0.25) is 0 Å². The highest BCUT2D eigenvalue weighted by Gasteiger charge is 2.32. The predicted molar refractivity (Wildman–Crippen MR) is 96.5 cm³/mol. The van der Waals surface area contributed by atoms with Crippen LogP contribution in [0, 0.1) is 5.92 Å². The number of hydrogen-bond donors (Lipinski definition) is 1. The summed E-state index contributed by atoms with van der Waals surface area (Å²) in [5.74, 6) is 0.180. The van der Waals surface area contributed by atoms with E-state index in [1.807, 2.05) is 4.90 Å². The third-order valence-corrected chi connectivity index (χ3v) is 4.73. The lowest BCUT2D eigenvalue weighted by Crippen LogP contribution is -2.33. The topological polar surface area (TPSA) is 32.3 Å². The zero-order valence-electron chi connectivity index (χ0n) is 14.5. The second-order valence-electron chi connectivity index (χ2n) is 6.72. The fraction of sp³-hybridized carbons (Fsp3) is 0.350. The molecule has 0 spiro atoms. The minimum absolute atomic E-state index is 0.197. The van der Waals surface area contributed by atoms with Gasteiger partial charge in [-0.1, -0.05) is 25.1 Å². The van der Waals surface area contributed by atoms with Crippen LogP contribution in [0.3, 0.4) is 0 Å². The van der Waals surface area contributed by atoms with Crippen LogP contribution >= 0.6 is 0 Å². The number of halogens is 3. The molecule has 1 aliphatic rings. The average molecular weight is 362 g/mol. The van der Waals surface area contributed by atoms with Crippen LogP contribution in [0.1, 0.15) is 35.7 Å². The van der Waals surface area contributed by atoms with Gasteiger partial charge in [0, 0.05) is 18.7 Å². The first-order valence-electron chi connectivity index (χ1n) is 8.67. The number of rotatable bonds is 3. The molecule has 0 saturated carbocycles. The molecule has 2 aromatic carbocycles. The van der Waals surface area contributed by atoms with Gasteiger partial charge in [-0.2, -0.15) is 13.2 Å². The fourth-order valence-electron chi connectivity index (χ4n) is 3.12. The van der Waals surface area contributed by atoms with E-state index in [0.717, 1.165) is 38.1 Å². The third-order valence-electron chi connectivity index (χ3n) is 4.73. The first-order chi connectivity index (χ1) is 12.3. The number of nitrogens with one attached hydrogen (secondary N) is 1. The highest BCUT2D eigenvalue weighted by atomic mass is 19.4. The van der Waals surface area contributed by atoms with Crippen LogP contribution in [0.25, 0.3) is 0 Å². The molecule has 1 heterocycles. The Morgan fingerprint density at radius 2 is 1.73 bits per heavy atom. The van der Waals surface area contributed by atoms with E-state index in [1.54, 1.807) is 30.3 Å². The lowest BCUT2D eigenvalue weighted by atomic mass is 9.98. The van der Waals surface area contributed by atoms with Crippen LogP contribution in [0.5, 0.6) is 0 Å². The Kier molecular flexibility index (Phi) is 5.20. The molecule has 1 saturated heterocycles. The Morgan fingerprint density at radius 3 is 2.35 bits per heavy atom. The molecule has 0 aromatic heterocycles. The first-order valence-corrected chi connectivity index (χ1v) is 8.67. The minimum Gasteiger partial charge on any atom is -0.370 e. The molecule has 3 nitrogen and oxygen atoms in total. The molecule has 1 aliphatic heterocycles. The monoisotopic (exact) mass is 362 g/mol. The van der Waals surface area contributed by atoms with Crippen molar-refractivity contribution in [1.29, 1.82) is 0 Å². The number of benzene rings is 2. The van der Waals surface area contributed by atoms with Crippen molar-refractivity contribution in [2.45, 2.75) is 25.9 Å². The zero-order chi connectivity index (χ0) is 18.7. The Hall–Kier alpha value is -2.50. The van der Waals surface area contributed by atoms with E-state index in [0.29, 0.717) is 17.2 Å². The van der Waals surface area contributed by atoms with Gasteiger partial charge in [-0.25, -0.2) is 0 Å². The molecule has 138 valence electrons. The van der Waals surface area contributed by atoms with Crippen LogP contribution in [0.4, 0.5) is 24.5 Å². The Balaban J connectivity index is 1.92. The van der Waals surface area contributed by atoms with E-state index in [1.165, 1.54) is 6.07 Å². The fourth-order valence-corrected chi connectivity index (χ4v) is 3.12. The van der Waals surface area contributed by atoms with Crippen LogP contribution in [0.15, 0.2) is 48.5 Å². The maximum Gasteiger partial charge on any atom is 0.416 e. The van der Waals surface area contributed by atoms with E-state index in [-0.39, 0.29) is 5.69 Å². The van der Waals surface area contributed by atoms with Crippen molar-refractivity contribution in [2.24, 2.45) is 5.92 Å². The van der Waals surface area contributed by atoms with Gasteiger partial charge in [0.25, 0.3) is 5.91 Å². The summed E-state index contributed by atoms with van der Waals surface area (Å²) in [5, 5.41) is 2.67. The first kappa shape index (κ1) is 18.3. The van der Waals surface area contributed by atoms with Gasteiger partial charge in [-0.15, -0.1) is 0 Å². The van der Waals surface area contributed by atoms with Gasteiger partial charge in [0.2, 0.25) is 0 Å². The van der Waals surface area contributed by atoms with Crippen LogP contribution in [-0.2, 0) is 6.18 Å². The van der Waals surface area contributed by atoms with Crippen molar-refractivity contribution in [2.75, 3.05) is 23.3 Å². The Labute approximate surface area is 150 Å². The van der Waals surface area contributed by atoms with Gasteiger partial charge in [0.05, 0.1) is 16.9 Å². The van der Waals surface area contributed by atoms with Gasteiger partial charge in [-0.3, -0.25) is 4.79 Å². The Morgan fingerprint density at radius 1 is 1.08 bits per heavy atom. The molecule has 1 N–H and O–H groups in total. The van der Waals surface area contributed by atoms with Crippen LogP contribution < -0.4 is 10.2 Å². The number of alkyl halides is 3. The standard InChI is InChI=1S/C20H21F3N2O/c1-14-9-11-25(12-10-14)18-8-7-16(20(21,22)23)13-17(18)24-19(26)15-5-3-2-4-6-15/h2-8,13-14H,9-12H2,1H3,(H,24,26). The van der Waals surface area contributed by atoms with E-state index in [2.05, 4.69) is 12.2 Å². The van der Waals surface area contributed by atoms with Crippen molar-refractivity contribution < 1.29 is 18.0 Å². The summed E-state index contributed by atoms with van der Waals surface area (Å²) in [6, 6.07) is 12.0. The quantitative estimate of drug-likeness (QED) is 0.814. The van der Waals surface area contributed by atoms with E-state index in [9.17, 15) is 18.0 Å². The summed E-state index contributed by atoms with van der Waals surface area (Å²) in [6.07, 6.45) is -2.50. The Bertz CT molecular complexity index is 766. The summed E-state index contributed by atoms with van der Waals surface area (Å²) in [6.45, 7) is 3.70. The summed E-state index contributed by atoms with van der Waals surface area (Å²) in [5.41, 5.74) is 0.468.